The topological polar surface area (TPSA) is 80.5 Å². The van der Waals surface area contributed by atoms with Crippen LogP contribution in [0.2, 0.25) is 0 Å². The summed E-state index contributed by atoms with van der Waals surface area (Å²) in [5.41, 5.74) is 2.20. The fourth-order valence-electron chi connectivity index (χ4n) is 2.47. The lowest BCUT2D eigenvalue weighted by atomic mass is 10.2. The fourth-order valence-corrected chi connectivity index (χ4v) is 2.47. The Bertz CT molecular complexity index is 889. The van der Waals surface area contributed by atoms with Crippen molar-refractivity contribution in [2.45, 2.75) is 6.54 Å². The SMILES string of the molecule is CN(C)CCOc1ccccc1Cn1cnc2ccc(C(=O)O)nc21. The van der Waals surface area contributed by atoms with E-state index >= 15 is 0 Å². The van der Waals surface area contributed by atoms with Gasteiger partial charge in [-0.25, -0.2) is 14.8 Å². The number of benzene rings is 1. The number of imidazole rings is 1. The molecule has 0 aliphatic rings. The summed E-state index contributed by atoms with van der Waals surface area (Å²) in [5.74, 6) is -0.248. The maximum Gasteiger partial charge on any atom is 0.354 e. The van der Waals surface area contributed by atoms with E-state index in [4.69, 9.17) is 9.84 Å². The number of hydrogen-bond acceptors (Lipinski definition) is 5. The normalized spacial score (nSPS) is 11.2. The molecule has 3 rings (SSSR count). The summed E-state index contributed by atoms with van der Waals surface area (Å²) in [5, 5.41) is 9.13. The van der Waals surface area contributed by atoms with Crippen LogP contribution in [0.1, 0.15) is 16.1 Å². The third-order valence-electron chi connectivity index (χ3n) is 3.79. The van der Waals surface area contributed by atoms with Crippen molar-refractivity contribution < 1.29 is 14.6 Å². The van der Waals surface area contributed by atoms with Crippen molar-refractivity contribution in [2.75, 3.05) is 27.2 Å². The predicted molar refractivity (Wildman–Crippen MR) is 94.1 cm³/mol. The van der Waals surface area contributed by atoms with E-state index in [1.807, 2.05) is 42.9 Å². The molecule has 7 heteroatoms. The Morgan fingerprint density at radius 2 is 2.04 bits per heavy atom. The van der Waals surface area contributed by atoms with Gasteiger partial charge >= 0.3 is 5.97 Å². The summed E-state index contributed by atoms with van der Waals surface area (Å²) in [7, 11) is 4.00. The number of nitrogens with zero attached hydrogens (tertiary/aromatic N) is 4. The zero-order chi connectivity index (χ0) is 17.8. The maximum atomic E-state index is 11.1. The van der Waals surface area contributed by atoms with Crippen LogP contribution < -0.4 is 4.74 Å². The molecule has 2 aromatic heterocycles. The number of ether oxygens (including phenoxy) is 1. The molecular formula is C18H20N4O3. The Kier molecular flexibility index (Phi) is 4.95. The van der Waals surface area contributed by atoms with E-state index in [9.17, 15) is 4.79 Å². The van der Waals surface area contributed by atoms with Gasteiger partial charge in [0, 0.05) is 12.1 Å². The molecule has 0 aliphatic heterocycles. The Balaban J connectivity index is 1.86. The van der Waals surface area contributed by atoms with E-state index in [1.54, 1.807) is 12.4 Å². The monoisotopic (exact) mass is 340 g/mol. The lowest BCUT2D eigenvalue weighted by Gasteiger charge is -2.14. The van der Waals surface area contributed by atoms with Gasteiger partial charge in [0.2, 0.25) is 0 Å². The molecular weight excluding hydrogens is 320 g/mol. The van der Waals surface area contributed by atoms with Gasteiger partial charge in [-0.2, -0.15) is 0 Å². The Labute approximate surface area is 145 Å². The van der Waals surface area contributed by atoms with E-state index in [1.165, 1.54) is 6.07 Å². The molecule has 0 radical (unpaired) electrons. The number of carbonyl (C=O) groups is 1. The van der Waals surface area contributed by atoms with Crippen molar-refractivity contribution in [2.24, 2.45) is 0 Å². The number of fused-ring (bicyclic) bond motifs is 1. The van der Waals surface area contributed by atoms with Gasteiger partial charge in [-0.1, -0.05) is 18.2 Å². The first-order chi connectivity index (χ1) is 12.0. The van der Waals surface area contributed by atoms with Gasteiger partial charge in [0.25, 0.3) is 0 Å². The second-order valence-electron chi connectivity index (χ2n) is 5.98. The molecule has 3 aromatic rings. The van der Waals surface area contributed by atoms with Crippen LogP contribution in [0.15, 0.2) is 42.7 Å². The van der Waals surface area contributed by atoms with Crippen molar-refractivity contribution in [3.05, 3.63) is 54.0 Å². The lowest BCUT2D eigenvalue weighted by molar-refractivity contribution is 0.0691. The van der Waals surface area contributed by atoms with Crippen LogP contribution in [0, 0.1) is 0 Å². The number of carboxylic acid groups (broad SMARTS) is 1. The van der Waals surface area contributed by atoms with Crippen LogP contribution in [0.4, 0.5) is 0 Å². The molecule has 0 saturated heterocycles. The van der Waals surface area contributed by atoms with Crippen LogP contribution in [-0.4, -0.2) is 57.8 Å². The van der Waals surface area contributed by atoms with Gasteiger partial charge in [0.15, 0.2) is 11.3 Å². The van der Waals surface area contributed by atoms with Gasteiger partial charge < -0.3 is 19.3 Å². The molecule has 0 unspecified atom stereocenters. The van der Waals surface area contributed by atoms with E-state index in [-0.39, 0.29) is 5.69 Å². The molecule has 0 amide bonds. The first-order valence-corrected chi connectivity index (χ1v) is 7.95. The highest BCUT2D eigenvalue weighted by Gasteiger charge is 2.11. The van der Waals surface area contributed by atoms with E-state index in [0.717, 1.165) is 17.9 Å². The number of para-hydroxylation sites is 1. The number of likely N-dealkylation sites (N-methyl/N-ethyl adjacent to an activating group) is 1. The number of carboxylic acids is 1. The molecule has 2 heterocycles. The van der Waals surface area contributed by atoms with Crippen molar-refractivity contribution in [1.29, 1.82) is 0 Å². The average Bonchev–Trinajstić information content (AvgIpc) is 2.98. The smallest absolute Gasteiger partial charge is 0.354 e. The molecule has 0 saturated carbocycles. The molecule has 0 atom stereocenters. The standard InChI is InChI=1S/C18H20N4O3/c1-21(2)9-10-25-16-6-4-3-5-13(16)11-22-12-19-14-7-8-15(18(23)24)20-17(14)22/h3-8,12H,9-11H2,1-2H3,(H,23,24). The highest BCUT2D eigenvalue weighted by Crippen LogP contribution is 2.21. The van der Waals surface area contributed by atoms with Gasteiger partial charge in [-0.3, -0.25) is 0 Å². The van der Waals surface area contributed by atoms with E-state index in [2.05, 4.69) is 14.9 Å². The number of rotatable bonds is 7. The zero-order valence-corrected chi connectivity index (χ0v) is 14.2. The molecule has 25 heavy (non-hydrogen) atoms. The molecule has 1 N–H and O–H groups in total. The molecule has 0 aliphatic carbocycles. The minimum atomic E-state index is -1.05. The van der Waals surface area contributed by atoms with Crippen LogP contribution >= 0.6 is 0 Å². The van der Waals surface area contributed by atoms with E-state index in [0.29, 0.717) is 24.3 Å². The summed E-state index contributed by atoms with van der Waals surface area (Å²) in [4.78, 5) is 21.7. The number of aromatic nitrogens is 3. The minimum absolute atomic E-state index is 0.00441. The highest BCUT2D eigenvalue weighted by molar-refractivity contribution is 5.88. The Hall–Kier alpha value is -2.93. The quantitative estimate of drug-likeness (QED) is 0.710. The predicted octanol–water partition coefficient (Wildman–Crippen LogP) is 2.12. The first-order valence-electron chi connectivity index (χ1n) is 7.95. The minimum Gasteiger partial charge on any atom is -0.492 e. The third-order valence-corrected chi connectivity index (χ3v) is 3.79. The second kappa shape index (κ2) is 7.31. The first kappa shape index (κ1) is 16.9. The Morgan fingerprint density at radius 3 is 2.80 bits per heavy atom. The molecule has 1 aromatic carbocycles. The van der Waals surface area contributed by atoms with Crippen LogP contribution in [-0.2, 0) is 6.54 Å². The number of hydrogen-bond donors (Lipinski definition) is 1. The lowest BCUT2D eigenvalue weighted by Crippen LogP contribution is -2.19. The van der Waals surface area contributed by atoms with Crippen LogP contribution in [0.5, 0.6) is 5.75 Å². The molecule has 0 spiro atoms. The second-order valence-corrected chi connectivity index (χ2v) is 5.98. The zero-order valence-electron chi connectivity index (χ0n) is 14.2. The number of aromatic carboxylic acids is 1. The molecule has 130 valence electrons. The van der Waals surface area contributed by atoms with Crippen molar-refractivity contribution >= 4 is 17.1 Å². The molecule has 7 nitrogen and oxygen atoms in total. The van der Waals surface area contributed by atoms with Gasteiger partial charge in [0.05, 0.1) is 12.9 Å². The maximum absolute atomic E-state index is 11.1. The van der Waals surface area contributed by atoms with Crippen molar-refractivity contribution in [3.8, 4) is 5.75 Å². The van der Waals surface area contributed by atoms with Crippen LogP contribution in [0.25, 0.3) is 11.2 Å². The summed E-state index contributed by atoms with van der Waals surface area (Å²) >= 11 is 0. The summed E-state index contributed by atoms with van der Waals surface area (Å²) in [6.07, 6.45) is 1.67. The van der Waals surface area contributed by atoms with Crippen molar-refractivity contribution in [3.63, 3.8) is 0 Å². The average molecular weight is 340 g/mol. The summed E-state index contributed by atoms with van der Waals surface area (Å²) < 4.78 is 7.71. The van der Waals surface area contributed by atoms with E-state index < -0.39 is 5.97 Å². The summed E-state index contributed by atoms with van der Waals surface area (Å²) in [6, 6.07) is 10.9. The summed E-state index contributed by atoms with van der Waals surface area (Å²) in [6.45, 7) is 1.92. The highest BCUT2D eigenvalue weighted by atomic mass is 16.5. The number of pyridine rings is 1. The van der Waals surface area contributed by atoms with Crippen LogP contribution in [0.3, 0.4) is 0 Å². The Morgan fingerprint density at radius 1 is 1.24 bits per heavy atom. The molecule has 0 fully saturated rings. The van der Waals surface area contributed by atoms with Crippen molar-refractivity contribution in [1.82, 2.24) is 19.4 Å². The third kappa shape index (κ3) is 3.95. The van der Waals surface area contributed by atoms with Gasteiger partial charge in [-0.05, 0) is 32.3 Å². The van der Waals surface area contributed by atoms with Gasteiger partial charge in [0.1, 0.15) is 17.9 Å². The molecule has 0 bridgehead atoms. The van der Waals surface area contributed by atoms with Gasteiger partial charge in [-0.15, -0.1) is 0 Å². The largest absolute Gasteiger partial charge is 0.492 e. The fraction of sp³-hybridized carbons (Fsp3) is 0.278.